The predicted molar refractivity (Wildman–Crippen MR) is 91.2 cm³/mol. The van der Waals surface area contributed by atoms with E-state index >= 15 is 0 Å². The van der Waals surface area contributed by atoms with E-state index in [4.69, 9.17) is 16.3 Å². The van der Waals surface area contributed by atoms with Gasteiger partial charge in [0, 0.05) is 11.3 Å². The van der Waals surface area contributed by atoms with Crippen molar-refractivity contribution in [2.24, 2.45) is 0 Å². The first kappa shape index (κ1) is 17.3. The standard InChI is InChI=1S/C18H19ClFNO2/c1-10(2)13-9-14(11(3)7-17(13)23-4)18(22)21-12-5-6-16(20)15(19)8-12/h5-10H,1-4H3,(H,21,22). The molecule has 122 valence electrons. The lowest BCUT2D eigenvalue weighted by molar-refractivity contribution is 0.102. The Bertz CT molecular complexity index is 744. The molecule has 0 saturated carbocycles. The molecule has 23 heavy (non-hydrogen) atoms. The summed E-state index contributed by atoms with van der Waals surface area (Å²) < 4.78 is 18.6. The summed E-state index contributed by atoms with van der Waals surface area (Å²) in [6, 6.07) is 7.76. The van der Waals surface area contributed by atoms with Crippen molar-refractivity contribution in [2.45, 2.75) is 26.7 Å². The van der Waals surface area contributed by atoms with Gasteiger partial charge in [0.15, 0.2) is 0 Å². The molecule has 5 heteroatoms. The molecule has 0 atom stereocenters. The molecule has 1 N–H and O–H groups in total. The Labute approximate surface area is 140 Å². The van der Waals surface area contributed by atoms with Gasteiger partial charge in [-0.15, -0.1) is 0 Å². The molecule has 2 aromatic carbocycles. The Morgan fingerprint density at radius 3 is 2.52 bits per heavy atom. The summed E-state index contributed by atoms with van der Waals surface area (Å²) in [6.07, 6.45) is 0. The fraction of sp³-hybridized carbons (Fsp3) is 0.278. The zero-order chi connectivity index (χ0) is 17.1. The number of nitrogens with one attached hydrogen (secondary N) is 1. The number of amides is 1. The number of rotatable bonds is 4. The molecule has 2 rings (SSSR count). The highest BCUT2D eigenvalue weighted by Crippen LogP contribution is 2.30. The number of carbonyl (C=O) groups is 1. The maximum Gasteiger partial charge on any atom is 0.255 e. The minimum atomic E-state index is -0.521. The minimum absolute atomic E-state index is 0.0304. The second-order valence-electron chi connectivity index (χ2n) is 5.65. The number of ether oxygens (including phenoxy) is 1. The molecule has 0 unspecified atom stereocenters. The average molecular weight is 336 g/mol. The van der Waals surface area contributed by atoms with Gasteiger partial charge in [-0.25, -0.2) is 4.39 Å². The Morgan fingerprint density at radius 2 is 1.96 bits per heavy atom. The summed E-state index contributed by atoms with van der Waals surface area (Å²) in [5.74, 6) is 0.193. The summed E-state index contributed by atoms with van der Waals surface area (Å²) in [6.45, 7) is 5.92. The number of anilines is 1. The molecule has 0 aromatic heterocycles. The van der Waals surface area contributed by atoms with Gasteiger partial charge in [-0.2, -0.15) is 0 Å². The molecule has 0 bridgehead atoms. The third-order valence-electron chi connectivity index (χ3n) is 3.62. The van der Waals surface area contributed by atoms with Gasteiger partial charge in [0.1, 0.15) is 11.6 Å². The largest absolute Gasteiger partial charge is 0.496 e. The quantitative estimate of drug-likeness (QED) is 0.836. The van der Waals surface area contributed by atoms with E-state index in [1.807, 2.05) is 32.9 Å². The minimum Gasteiger partial charge on any atom is -0.496 e. The van der Waals surface area contributed by atoms with Crippen molar-refractivity contribution in [3.63, 3.8) is 0 Å². The van der Waals surface area contributed by atoms with Crippen molar-refractivity contribution in [1.82, 2.24) is 0 Å². The molecule has 0 aliphatic heterocycles. The second-order valence-corrected chi connectivity index (χ2v) is 6.05. The SMILES string of the molecule is COc1cc(C)c(C(=O)Nc2ccc(F)c(Cl)c2)cc1C(C)C. The topological polar surface area (TPSA) is 38.3 Å². The molecule has 0 saturated heterocycles. The fourth-order valence-electron chi connectivity index (χ4n) is 2.34. The Hall–Kier alpha value is -2.07. The van der Waals surface area contributed by atoms with Crippen molar-refractivity contribution < 1.29 is 13.9 Å². The van der Waals surface area contributed by atoms with Crippen molar-refractivity contribution in [2.75, 3.05) is 12.4 Å². The molecule has 2 aromatic rings. The first-order chi connectivity index (χ1) is 10.8. The van der Waals surface area contributed by atoms with E-state index in [-0.39, 0.29) is 16.8 Å². The molecular weight excluding hydrogens is 317 g/mol. The van der Waals surface area contributed by atoms with E-state index in [1.54, 1.807) is 7.11 Å². The monoisotopic (exact) mass is 335 g/mol. The van der Waals surface area contributed by atoms with Gasteiger partial charge in [0.05, 0.1) is 12.1 Å². The normalized spacial score (nSPS) is 10.7. The average Bonchev–Trinajstić information content (AvgIpc) is 2.50. The number of aryl methyl sites for hydroxylation is 1. The number of benzene rings is 2. The van der Waals surface area contributed by atoms with Gasteiger partial charge in [-0.1, -0.05) is 25.4 Å². The number of carbonyl (C=O) groups excluding carboxylic acids is 1. The third-order valence-corrected chi connectivity index (χ3v) is 3.91. The van der Waals surface area contributed by atoms with E-state index in [0.717, 1.165) is 16.9 Å². The van der Waals surface area contributed by atoms with Crippen LogP contribution in [-0.2, 0) is 0 Å². The van der Waals surface area contributed by atoms with E-state index in [1.165, 1.54) is 18.2 Å². The second kappa shape index (κ2) is 7.01. The zero-order valence-corrected chi connectivity index (χ0v) is 14.3. The zero-order valence-electron chi connectivity index (χ0n) is 13.5. The first-order valence-corrected chi connectivity index (χ1v) is 7.66. The lowest BCUT2D eigenvalue weighted by Crippen LogP contribution is -2.14. The number of hydrogen-bond donors (Lipinski definition) is 1. The van der Waals surface area contributed by atoms with E-state index in [0.29, 0.717) is 11.3 Å². The Morgan fingerprint density at radius 1 is 1.26 bits per heavy atom. The summed E-state index contributed by atoms with van der Waals surface area (Å²) in [5.41, 5.74) is 2.76. The molecule has 0 aliphatic rings. The van der Waals surface area contributed by atoms with Crippen LogP contribution in [-0.4, -0.2) is 13.0 Å². The fourth-order valence-corrected chi connectivity index (χ4v) is 2.52. The maximum atomic E-state index is 13.2. The Kier molecular flexibility index (Phi) is 5.26. The van der Waals surface area contributed by atoms with Crippen LogP contribution >= 0.6 is 11.6 Å². The molecule has 0 fully saturated rings. The van der Waals surface area contributed by atoms with Crippen LogP contribution in [0.2, 0.25) is 5.02 Å². The lowest BCUT2D eigenvalue weighted by atomic mass is 9.96. The van der Waals surface area contributed by atoms with Crippen molar-refractivity contribution in [3.8, 4) is 5.75 Å². The maximum absolute atomic E-state index is 13.2. The van der Waals surface area contributed by atoms with Gasteiger partial charge in [-0.3, -0.25) is 4.79 Å². The molecule has 0 aliphatic carbocycles. The molecule has 0 heterocycles. The summed E-state index contributed by atoms with van der Waals surface area (Å²) in [4.78, 5) is 12.5. The summed E-state index contributed by atoms with van der Waals surface area (Å²) >= 11 is 5.74. The molecule has 1 amide bonds. The van der Waals surface area contributed by atoms with Gasteiger partial charge in [0.25, 0.3) is 5.91 Å². The van der Waals surface area contributed by atoms with E-state index < -0.39 is 5.82 Å². The van der Waals surface area contributed by atoms with Crippen molar-refractivity contribution in [3.05, 3.63) is 57.9 Å². The summed E-state index contributed by atoms with van der Waals surface area (Å²) in [5, 5.41) is 2.71. The van der Waals surface area contributed by atoms with Gasteiger partial charge >= 0.3 is 0 Å². The predicted octanol–water partition coefficient (Wildman–Crippen LogP) is 5.17. The molecular formula is C18H19ClFNO2. The third kappa shape index (κ3) is 3.82. The summed E-state index contributed by atoms with van der Waals surface area (Å²) in [7, 11) is 1.61. The highest BCUT2D eigenvalue weighted by Gasteiger charge is 2.16. The first-order valence-electron chi connectivity index (χ1n) is 7.28. The Balaban J connectivity index is 2.35. The molecule has 3 nitrogen and oxygen atoms in total. The van der Waals surface area contributed by atoms with Crippen LogP contribution in [0.1, 0.15) is 41.3 Å². The number of methoxy groups -OCH3 is 1. The molecule has 0 spiro atoms. The number of halogens is 2. The highest BCUT2D eigenvalue weighted by atomic mass is 35.5. The van der Waals surface area contributed by atoms with Crippen LogP contribution in [0.15, 0.2) is 30.3 Å². The van der Waals surface area contributed by atoms with Gasteiger partial charge < -0.3 is 10.1 Å². The van der Waals surface area contributed by atoms with Crippen LogP contribution in [0, 0.1) is 12.7 Å². The van der Waals surface area contributed by atoms with Crippen molar-refractivity contribution in [1.29, 1.82) is 0 Å². The van der Waals surface area contributed by atoms with Crippen LogP contribution in [0.3, 0.4) is 0 Å². The number of hydrogen-bond acceptors (Lipinski definition) is 2. The van der Waals surface area contributed by atoms with Gasteiger partial charge in [-0.05, 0) is 54.3 Å². The van der Waals surface area contributed by atoms with Crippen LogP contribution in [0.25, 0.3) is 0 Å². The van der Waals surface area contributed by atoms with E-state index in [2.05, 4.69) is 5.32 Å². The van der Waals surface area contributed by atoms with Crippen LogP contribution in [0.4, 0.5) is 10.1 Å². The van der Waals surface area contributed by atoms with Crippen molar-refractivity contribution >= 4 is 23.2 Å². The van der Waals surface area contributed by atoms with Gasteiger partial charge in [0.2, 0.25) is 0 Å². The molecule has 0 radical (unpaired) electrons. The highest BCUT2D eigenvalue weighted by molar-refractivity contribution is 6.31. The lowest BCUT2D eigenvalue weighted by Gasteiger charge is -2.16. The van der Waals surface area contributed by atoms with Crippen LogP contribution in [0.5, 0.6) is 5.75 Å². The smallest absolute Gasteiger partial charge is 0.255 e. The van der Waals surface area contributed by atoms with E-state index in [9.17, 15) is 9.18 Å². The van der Waals surface area contributed by atoms with Crippen LogP contribution < -0.4 is 10.1 Å².